The molecule has 0 fully saturated rings. The molecule has 0 bridgehead atoms. The van der Waals surface area contributed by atoms with E-state index in [1.165, 1.54) is 10.5 Å². The zero-order valence-electron chi connectivity index (χ0n) is 12.1. The van der Waals surface area contributed by atoms with E-state index >= 15 is 0 Å². The molecule has 1 aromatic carbocycles. The summed E-state index contributed by atoms with van der Waals surface area (Å²) in [6, 6.07) is 6.69. The fourth-order valence-electron chi connectivity index (χ4n) is 1.73. The topological polar surface area (TPSA) is 32.3 Å². The number of halogens is 1. The van der Waals surface area contributed by atoms with E-state index in [1.807, 2.05) is 6.92 Å². The number of rotatable bonds is 7. The van der Waals surface area contributed by atoms with Crippen LogP contribution in [0.15, 0.2) is 27.6 Å². The van der Waals surface area contributed by atoms with E-state index in [0.29, 0.717) is 6.04 Å². The van der Waals surface area contributed by atoms with Crippen LogP contribution in [0, 0.1) is 0 Å². The Morgan fingerprint density at radius 1 is 1.32 bits per heavy atom. The van der Waals surface area contributed by atoms with E-state index in [4.69, 9.17) is 0 Å². The maximum absolute atomic E-state index is 9.66. The van der Waals surface area contributed by atoms with Gasteiger partial charge in [-0.05, 0) is 50.6 Å². The van der Waals surface area contributed by atoms with Crippen LogP contribution >= 0.6 is 27.7 Å². The van der Waals surface area contributed by atoms with Gasteiger partial charge in [-0.2, -0.15) is 0 Å². The zero-order valence-corrected chi connectivity index (χ0v) is 14.5. The standard InChI is InChI=1S/C15H24BrNOS/c1-5-8-17-10(2)14-9-13(16)6-7-15(14)19-12(4)11(3)18/h6-7,9-12,17-18H,5,8H2,1-4H3. The summed E-state index contributed by atoms with van der Waals surface area (Å²) < 4.78 is 1.10. The van der Waals surface area contributed by atoms with Crippen LogP contribution in [0.2, 0.25) is 0 Å². The van der Waals surface area contributed by atoms with Gasteiger partial charge in [-0.25, -0.2) is 0 Å². The van der Waals surface area contributed by atoms with Crippen LogP contribution in [0.4, 0.5) is 0 Å². The number of hydrogen-bond donors (Lipinski definition) is 2. The Hall–Kier alpha value is -0.0300. The summed E-state index contributed by atoms with van der Waals surface area (Å²) in [4.78, 5) is 1.24. The van der Waals surface area contributed by atoms with Crippen LogP contribution in [-0.2, 0) is 0 Å². The first-order valence-electron chi connectivity index (χ1n) is 6.83. The average Bonchev–Trinajstić information content (AvgIpc) is 2.37. The molecule has 0 saturated heterocycles. The fourth-order valence-corrected chi connectivity index (χ4v) is 3.23. The van der Waals surface area contributed by atoms with Crippen LogP contribution in [0.25, 0.3) is 0 Å². The molecule has 2 N–H and O–H groups in total. The third-order valence-electron chi connectivity index (χ3n) is 3.13. The molecule has 0 aromatic heterocycles. The van der Waals surface area contributed by atoms with Gasteiger partial charge in [0.05, 0.1) is 6.10 Å². The third-order valence-corrected chi connectivity index (χ3v) is 5.02. The van der Waals surface area contributed by atoms with Crippen molar-refractivity contribution in [2.45, 2.75) is 56.4 Å². The molecule has 0 aliphatic rings. The molecule has 2 nitrogen and oxygen atoms in total. The number of nitrogens with one attached hydrogen (secondary N) is 1. The molecule has 3 atom stereocenters. The van der Waals surface area contributed by atoms with Gasteiger partial charge < -0.3 is 10.4 Å². The Morgan fingerprint density at radius 2 is 2.00 bits per heavy atom. The molecule has 0 amide bonds. The predicted molar refractivity (Wildman–Crippen MR) is 87.9 cm³/mol. The van der Waals surface area contributed by atoms with Gasteiger partial charge in [0.1, 0.15) is 0 Å². The van der Waals surface area contributed by atoms with Crippen LogP contribution in [0.3, 0.4) is 0 Å². The largest absolute Gasteiger partial charge is 0.392 e. The SMILES string of the molecule is CCCNC(C)c1cc(Br)ccc1SC(C)C(C)O. The van der Waals surface area contributed by atoms with Crippen molar-refractivity contribution in [3.63, 3.8) is 0 Å². The summed E-state index contributed by atoms with van der Waals surface area (Å²) >= 11 is 5.28. The predicted octanol–water partition coefficient (Wildman–Crippen LogP) is 4.37. The lowest BCUT2D eigenvalue weighted by atomic mass is 10.1. The molecular weight excluding hydrogens is 322 g/mol. The normalized spacial score (nSPS) is 16.1. The molecule has 108 valence electrons. The highest BCUT2D eigenvalue weighted by atomic mass is 79.9. The van der Waals surface area contributed by atoms with Gasteiger partial charge in [0.15, 0.2) is 0 Å². The van der Waals surface area contributed by atoms with Crippen LogP contribution in [-0.4, -0.2) is 23.0 Å². The second-order valence-corrected chi connectivity index (χ2v) is 7.26. The zero-order chi connectivity index (χ0) is 14.4. The van der Waals surface area contributed by atoms with Crippen molar-refractivity contribution in [2.24, 2.45) is 0 Å². The van der Waals surface area contributed by atoms with Gasteiger partial charge in [0.25, 0.3) is 0 Å². The lowest BCUT2D eigenvalue weighted by Gasteiger charge is -2.21. The number of aliphatic hydroxyl groups is 1. The van der Waals surface area contributed by atoms with Gasteiger partial charge in [0.2, 0.25) is 0 Å². The number of thioether (sulfide) groups is 1. The van der Waals surface area contributed by atoms with Gasteiger partial charge in [-0.3, -0.25) is 0 Å². The van der Waals surface area contributed by atoms with Crippen LogP contribution in [0.5, 0.6) is 0 Å². The maximum Gasteiger partial charge on any atom is 0.0631 e. The molecule has 0 aliphatic carbocycles. The molecule has 1 rings (SSSR count). The number of aliphatic hydroxyl groups excluding tert-OH is 1. The summed E-state index contributed by atoms with van der Waals surface area (Å²) in [6.45, 7) is 9.28. The van der Waals surface area contributed by atoms with E-state index in [0.717, 1.165) is 17.4 Å². The second-order valence-electron chi connectivity index (χ2n) is 4.92. The smallest absolute Gasteiger partial charge is 0.0631 e. The number of hydrogen-bond acceptors (Lipinski definition) is 3. The first-order valence-corrected chi connectivity index (χ1v) is 8.50. The Balaban J connectivity index is 2.90. The van der Waals surface area contributed by atoms with Crippen molar-refractivity contribution >= 4 is 27.7 Å². The maximum atomic E-state index is 9.66. The van der Waals surface area contributed by atoms with Gasteiger partial charge in [-0.1, -0.05) is 29.8 Å². The summed E-state index contributed by atoms with van der Waals surface area (Å²) in [6.07, 6.45) is 0.825. The summed E-state index contributed by atoms with van der Waals surface area (Å²) in [7, 11) is 0. The Labute approximate surface area is 129 Å². The van der Waals surface area contributed by atoms with Gasteiger partial charge >= 0.3 is 0 Å². The highest BCUT2D eigenvalue weighted by molar-refractivity contribution is 9.10. The molecular formula is C15H24BrNOS. The van der Waals surface area contributed by atoms with E-state index in [-0.39, 0.29) is 11.4 Å². The van der Waals surface area contributed by atoms with Crippen molar-refractivity contribution in [1.29, 1.82) is 0 Å². The van der Waals surface area contributed by atoms with E-state index < -0.39 is 0 Å². The highest BCUT2D eigenvalue weighted by Gasteiger charge is 2.16. The molecule has 19 heavy (non-hydrogen) atoms. The molecule has 0 heterocycles. The molecule has 3 unspecified atom stereocenters. The average molecular weight is 346 g/mol. The molecule has 4 heteroatoms. The summed E-state index contributed by atoms with van der Waals surface area (Å²) in [5, 5.41) is 13.4. The second kappa shape index (κ2) is 8.30. The molecule has 0 spiro atoms. The molecule has 0 saturated carbocycles. The lowest BCUT2D eigenvalue weighted by Crippen LogP contribution is -2.21. The van der Waals surface area contributed by atoms with E-state index in [1.54, 1.807) is 11.8 Å². The Bertz CT molecular complexity index is 398. The van der Waals surface area contributed by atoms with Crippen molar-refractivity contribution in [2.75, 3.05) is 6.54 Å². The van der Waals surface area contributed by atoms with Crippen molar-refractivity contribution in [3.8, 4) is 0 Å². The number of benzene rings is 1. The Morgan fingerprint density at radius 3 is 2.58 bits per heavy atom. The minimum absolute atomic E-state index is 0.193. The first-order chi connectivity index (χ1) is 8.95. The molecule has 0 radical (unpaired) electrons. The fraction of sp³-hybridized carbons (Fsp3) is 0.600. The monoisotopic (exact) mass is 345 g/mol. The van der Waals surface area contributed by atoms with Crippen molar-refractivity contribution in [3.05, 3.63) is 28.2 Å². The van der Waals surface area contributed by atoms with Crippen LogP contribution in [0.1, 0.15) is 45.7 Å². The van der Waals surface area contributed by atoms with E-state index in [9.17, 15) is 5.11 Å². The van der Waals surface area contributed by atoms with Crippen LogP contribution < -0.4 is 5.32 Å². The highest BCUT2D eigenvalue weighted by Crippen LogP contribution is 2.33. The van der Waals surface area contributed by atoms with E-state index in [2.05, 4.69) is 60.2 Å². The minimum Gasteiger partial charge on any atom is -0.392 e. The van der Waals surface area contributed by atoms with Gasteiger partial charge in [0, 0.05) is 20.7 Å². The first kappa shape index (κ1) is 17.0. The molecule has 1 aromatic rings. The Kier molecular flexibility index (Phi) is 7.44. The third kappa shape index (κ3) is 5.46. The lowest BCUT2D eigenvalue weighted by molar-refractivity contribution is 0.196. The van der Waals surface area contributed by atoms with Crippen molar-refractivity contribution in [1.82, 2.24) is 5.32 Å². The quantitative estimate of drug-likeness (QED) is 0.719. The van der Waals surface area contributed by atoms with Gasteiger partial charge in [-0.15, -0.1) is 11.8 Å². The molecule has 0 aliphatic heterocycles. The van der Waals surface area contributed by atoms with Crippen molar-refractivity contribution < 1.29 is 5.11 Å². The summed E-state index contributed by atoms with van der Waals surface area (Å²) in [5.74, 6) is 0. The summed E-state index contributed by atoms with van der Waals surface area (Å²) in [5.41, 5.74) is 1.29. The minimum atomic E-state index is -0.305.